The molecule has 0 fully saturated rings. The Morgan fingerprint density at radius 2 is 1.85 bits per heavy atom. The average molecular weight is 225 g/mol. The lowest BCUT2D eigenvalue weighted by Crippen LogP contribution is -2.17. The predicted octanol–water partition coefficient (Wildman–Crippen LogP) is 1.10. The molecule has 13 heavy (non-hydrogen) atoms. The van der Waals surface area contributed by atoms with Gasteiger partial charge in [0, 0.05) is 12.8 Å². The summed E-state index contributed by atoms with van der Waals surface area (Å²) < 4.78 is 78.4. The minimum Gasteiger partial charge on any atom is -0.725 e. The van der Waals surface area contributed by atoms with Crippen LogP contribution in [-0.2, 0) is 14.6 Å². The van der Waals surface area contributed by atoms with Crippen LogP contribution < -0.4 is 0 Å². The zero-order valence-corrected chi connectivity index (χ0v) is 6.86. The Bertz CT molecular complexity index is 245. The van der Waals surface area contributed by atoms with Gasteiger partial charge in [-0.25, -0.2) is 17.0 Å². The molecule has 0 rings (SSSR count). The lowest BCUT2D eigenvalue weighted by atomic mass is 10.3. The molecule has 0 N–H and O–H groups in total. The summed E-state index contributed by atoms with van der Waals surface area (Å²) in [6.45, 7) is 0. The van der Waals surface area contributed by atoms with Gasteiger partial charge >= 0.3 is 6.18 Å². The van der Waals surface area contributed by atoms with Crippen molar-refractivity contribution in [3.05, 3.63) is 0 Å². The first-order valence-corrected chi connectivity index (χ1v) is 4.28. The van der Waals surface area contributed by atoms with Crippen LogP contribution in [0.15, 0.2) is 0 Å². The monoisotopic (exact) mass is 225 g/mol. The molecule has 0 amide bonds. The highest BCUT2D eigenvalue weighted by Crippen LogP contribution is 2.23. The summed E-state index contributed by atoms with van der Waals surface area (Å²) in [6, 6.07) is 0. The van der Waals surface area contributed by atoms with Gasteiger partial charge in [0.15, 0.2) is 0 Å². The number of halogens is 4. The first-order valence-electron chi connectivity index (χ1n) is 2.95. The van der Waals surface area contributed by atoms with Crippen LogP contribution in [-0.4, -0.2) is 25.5 Å². The van der Waals surface area contributed by atoms with Gasteiger partial charge in [0.2, 0.25) is 16.8 Å². The third-order valence-corrected chi connectivity index (χ3v) is 1.32. The van der Waals surface area contributed by atoms with Gasteiger partial charge in [-0.05, 0) is 0 Å². The van der Waals surface area contributed by atoms with Crippen LogP contribution in [0.5, 0.6) is 0 Å². The van der Waals surface area contributed by atoms with E-state index in [-0.39, 0.29) is 0 Å². The van der Waals surface area contributed by atoms with E-state index in [0.717, 1.165) is 0 Å². The molecule has 0 aromatic rings. The number of hydrogen-bond acceptors (Lipinski definition) is 4. The number of alkyl halides is 4. The molecule has 0 heterocycles. The molecule has 0 radical (unpaired) electrons. The topological polar surface area (TPSA) is 66.4 Å². The van der Waals surface area contributed by atoms with Gasteiger partial charge in [-0.2, -0.15) is 13.2 Å². The van der Waals surface area contributed by atoms with Crippen molar-refractivity contribution < 1.29 is 34.7 Å². The van der Waals surface area contributed by atoms with E-state index in [1.807, 2.05) is 0 Å². The SMILES string of the molecule is O=S(=O)([O-])OC(F)CCC(F)(F)F. The minimum absolute atomic E-state index is 1.22. The van der Waals surface area contributed by atoms with Gasteiger partial charge in [0.25, 0.3) is 0 Å². The van der Waals surface area contributed by atoms with Crippen molar-refractivity contribution in [2.24, 2.45) is 0 Å². The zero-order valence-electron chi connectivity index (χ0n) is 6.04. The molecule has 0 bridgehead atoms. The molecule has 0 aliphatic carbocycles. The van der Waals surface area contributed by atoms with E-state index in [2.05, 4.69) is 4.18 Å². The highest BCUT2D eigenvalue weighted by Gasteiger charge is 2.29. The summed E-state index contributed by atoms with van der Waals surface area (Å²) in [7, 11) is -5.28. The molecule has 4 nitrogen and oxygen atoms in total. The van der Waals surface area contributed by atoms with Gasteiger partial charge < -0.3 is 4.55 Å². The molecular weight excluding hydrogens is 220 g/mol. The summed E-state index contributed by atoms with van der Waals surface area (Å²) in [5, 5.41) is 0. The van der Waals surface area contributed by atoms with Crippen molar-refractivity contribution in [2.75, 3.05) is 0 Å². The molecule has 0 aliphatic heterocycles. The van der Waals surface area contributed by atoms with Crippen LogP contribution >= 0.6 is 0 Å². The van der Waals surface area contributed by atoms with Crippen LogP contribution in [0.3, 0.4) is 0 Å². The second-order valence-corrected chi connectivity index (χ2v) is 3.08. The van der Waals surface area contributed by atoms with Crippen LogP contribution in [0, 0.1) is 0 Å². The lowest BCUT2D eigenvalue weighted by molar-refractivity contribution is -0.143. The molecule has 0 aromatic heterocycles. The normalized spacial score (nSPS) is 15.8. The molecular formula is C4H5F4O4S-. The summed E-state index contributed by atoms with van der Waals surface area (Å²) in [4.78, 5) is 0. The van der Waals surface area contributed by atoms with E-state index >= 15 is 0 Å². The molecule has 0 aromatic carbocycles. The highest BCUT2D eigenvalue weighted by atomic mass is 32.3. The fraction of sp³-hybridized carbons (Fsp3) is 1.00. The van der Waals surface area contributed by atoms with Crippen molar-refractivity contribution in [3.8, 4) is 0 Å². The molecule has 0 spiro atoms. The molecule has 1 atom stereocenters. The van der Waals surface area contributed by atoms with E-state index in [1.54, 1.807) is 0 Å². The Labute approximate surface area is 71.4 Å². The Morgan fingerprint density at radius 3 is 2.15 bits per heavy atom. The van der Waals surface area contributed by atoms with E-state index in [1.165, 1.54) is 0 Å². The maximum atomic E-state index is 12.1. The largest absolute Gasteiger partial charge is 0.725 e. The smallest absolute Gasteiger partial charge is 0.389 e. The van der Waals surface area contributed by atoms with Crippen molar-refractivity contribution in [2.45, 2.75) is 25.4 Å². The molecule has 0 aliphatic rings. The molecule has 9 heteroatoms. The van der Waals surface area contributed by atoms with Gasteiger partial charge in [0.1, 0.15) is 0 Å². The quantitative estimate of drug-likeness (QED) is 0.408. The van der Waals surface area contributed by atoms with Crippen molar-refractivity contribution >= 4 is 10.4 Å². The molecule has 0 saturated carbocycles. The average Bonchev–Trinajstić information content (AvgIpc) is 1.78. The van der Waals surface area contributed by atoms with E-state index in [9.17, 15) is 30.5 Å². The number of hydrogen-bond donors (Lipinski definition) is 0. The standard InChI is InChI=1S/C4H6F4O4S/c5-3(12-13(9,10)11)1-2-4(6,7)8/h3H,1-2H2,(H,9,10,11)/p-1. The van der Waals surface area contributed by atoms with Crippen molar-refractivity contribution in [1.82, 2.24) is 0 Å². The Kier molecular flexibility index (Phi) is 4.07. The Hall–Kier alpha value is -0.410. The van der Waals surface area contributed by atoms with Crippen LogP contribution in [0.2, 0.25) is 0 Å². The molecule has 80 valence electrons. The van der Waals surface area contributed by atoms with Crippen molar-refractivity contribution in [3.63, 3.8) is 0 Å². The second kappa shape index (κ2) is 4.20. The van der Waals surface area contributed by atoms with E-state index in [4.69, 9.17) is 0 Å². The van der Waals surface area contributed by atoms with E-state index < -0.39 is 35.8 Å². The van der Waals surface area contributed by atoms with E-state index in [0.29, 0.717) is 0 Å². The highest BCUT2D eigenvalue weighted by molar-refractivity contribution is 7.80. The van der Waals surface area contributed by atoms with Crippen LogP contribution in [0.4, 0.5) is 17.6 Å². The third-order valence-electron chi connectivity index (χ3n) is 0.877. The maximum absolute atomic E-state index is 12.1. The second-order valence-electron chi connectivity index (χ2n) is 2.07. The van der Waals surface area contributed by atoms with Gasteiger partial charge in [-0.1, -0.05) is 0 Å². The van der Waals surface area contributed by atoms with Gasteiger partial charge in [0.05, 0.1) is 0 Å². The summed E-state index contributed by atoms with van der Waals surface area (Å²) in [6.07, 6.45) is -10.1. The Morgan fingerprint density at radius 1 is 1.38 bits per heavy atom. The summed E-state index contributed by atoms with van der Waals surface area (Å²) in [5.74, 6) is 0. The van der Waals surface area contributed by atoms with Crippen LogP contribution in [0.25, 0.3) is 0 Å². The molecule has 0 saturated heterocycles. The summed E-state index contributed by atoms with van der Waals surface area (Å²) in [5.41, 5.74) is 0. The fourth-order valence-electron chi connectivity index (χ4n) is 0.453. The molecule has 1 unspecified atom stereocenters. The minimum atomic E-state index is -5.28. The zero-order chi connectivity index (χ0) is 10.7. The summed E-state index contributed by atoms with van der Waals surface area (Å²) >= 11 is 0. The third kappa shape index (κ3) is 9.50. The van der Waals surface area contributed by atoms with Crippen molar-refractivity contribution in [1.29, 1.82) is 0 Å². The predicted molar refractivity (Wildman–Crippen MR) is 31.0 cm³/mol. The maximum Gasteiger partial charge on any atom is 0.389 e. The first kappa shape index (κ1) is 12.6. The Balaban J connectivity index is 3.84. The first-order chi connectivity index (χ1) is 5.60. The lowest BCUT2D eigenvalue weighted by Gasteiger charge is -2.12. The van der Waals surface area contributed by atoms with Gasteiger partial charge in [-0.15, -0.1) is 0 Å². The van der Waals surface area contributed by atoms with Gasteiger partial charge in [-0.3, -0.25) is 0 Å². The van der Waals surface area contributed by atoms with Crippen LogP contribution in [0.1, 0.15) is 12.8 Å². The number of rotatable bonds is 4. The fourth-order valence-corrected chi connectivity index (χ4v) is 0.805.